The third-order valence-electron chi connectivity index (χ3n) is 3.25. The van der Waals surface area contributed by atoms with E-state index in [-0.39, 0.29) is 0 Å². The van der Waals surface area contributed by atoms with Crippen LogP contribution in [0.4, 0.5) is 0 Å². The number of Topliss-reactive ketones (excluding diaryl/α,β-unsaturated/α-hetero) is 1. The highest BCUT2D eigenvalue weighted by molar-refractivity contribution is 5.84. The lowest BCUT2D eigenvalue weighted by atomic mass is 9.93. The molecule has 2 rings (SSSR count). The SMILES string of the molecule is C[C@H]1CC[C@H]2CCC(=O)C21. The number of ketones is 1. The number of hydrogen-bond donors (Lipinski definition) is 0. The normalized spacial score (nSPS) is 46.1. The molecule has 10 heavy (non-hydrogen) atoms. The molecule has 2 aliphatic rings. The van der Waals surface area contributed by atoms with E-state index in [1.54, 1.807) is 0 Å². The van der Waals surface area contributed by atoms with Crippen molar-refractivity contribution in [3.8, 4) is 0 Å². The van der Waals surface area contributed by atoms with Gasteiger partial charge in [-0.05, 0) is 31.1 Å². The number of hydrogen-bond acceptors (Lipinski definition) is 1. The number of carbonyl (C=O) groups excluding carboxylic acids is 1. The van der Waals surface area contributed by atoms with Gasteiger partial charge in [-0.15, -0.1) is 0 Å². The van der Waals surface area contributed by atoms with Crippen molar-refractivity contribution in [2.45, 2.75) is 32.6 Å². The van der Waals surface area contributed by atoms with Crippen LogP contribution in [0.3, 0.4) is 0 Å². The van der Waals surface area contributed by atoms with E-state index in [9.17, 15) is 4.79 Å². The molecule has 0 N–H and O–H groups in total. The Hall–Kier alpha value is -0.330. The largest absolute Gasteiger partial charge is 0.299 e. The smallest absolute Gasteiger partial charge is 0.136 e. The molecule has 0 aromatic carbocycles. The highest BCUT2D eigenvalue weighted by atomic mass is 16.1. The molecule has 0 bridgehead atoms. The Morgan fingerprint density at radius 2 is 2.10 bits per heavy atom. The van der Waals surface area contributed by atoms with Crippen molar-refractivity contribution in [3.63, 3.8) is 0 Å². The van der Waals surface area contributed by atoms with Crippen molar-refractivity contribution in [1.82, 2.24) is 0 Å². The molecule has 1 unspecified atom stereocenters. The predicted octanol–water partition coefficient (Wildman–Crippen LogP) is 2.01. The summed E-state index contributed by atoms with van der Waals surface area (Å²) in [4.78, 5) is 11.3. The van der Waals surface area contributed by atoms with Crippen LogP contribution >= 0.6 is 0 Å². The highest BCUT2D eigenvalue weighted by Crippen LogP contribution is 2.45. The second kappa shape index (κ2) is 2.08. The summed E-state index contributed by atoms with van der Waals surface area (Å²) >= 11 is 0. The standard InChI is InChI=1S/C9H14O/c1-6-2-3-7-4-5-8(10)9(6)7/h6-7,9H,2-5H2,1H3/t6-,7-,9?/m0/s1. The third kappa shape index (κ3) is 0.727. The van der Waals surface area contributed by atoms with E-state index in [0.29, 0.717) is 17.6 Å². The van der Waals surface area contributed by atoms with Crippen LogP contribution in [-0.2, 0) is 4.79 Å². The lowest BCUT2D eigenvalue weighted by molar-refractivity contribution is -0.121. The van der Waals surface area contributed by atoms with Gasteiger partial charge in [0, 0.05) is 12.3 Å². The van der Waals surface area contributed by atoms with Gasteiger partial charge in [0.25, 0.3) is 0 Å². The number of carbonyl (C=O) groups is 1. The molecule has 0 amide bonds. The van der Waals surface area contributed by atoms with Crippen LogP contribution in [0.1, 0.15) is 32.6 Å². The summed E-state index contributed by atoms with van der Waals surface area (Å²) < 4.78 is 0. The highest BCUT2D eigenvalue weighted by Gasteiger charge is 2.42. The summed E-state index contributed by atoms with van der Waals surface area (Å²) in [5, 5.41) is 0. The Morgan fingerprint density at radius 3 is 2.80 bits per heavy atom. The van der Waals surface area contributed by atoms with Crippen molar-refractivity contribution in [1.29, 1.82) is 0 Å². The van der Waals surface area contributed by atoms with Gasteiger partial charge >= 0.3 is 0 Å². The monoisotopic (exact) mass is 138 g/mol. The Balaban J connectivity index is 2.19. The molecule has 1 heteroatoms. The molecule has 0 aromatic heterocycles. The summed E-state index contributed by atoms with van der Waals surface area (Å²) in [6, 6.07) is 0. The van der Waals surface area contributed by atoms with E-state index in [1.807, 2.05) is 0 Å². The second-order valence-corrected chi connectivity index (χ2v) is 3.85. The first-order valence-electron chi connectivity index (χ1n) is 4.32. The van der Waals surface area contributed by atoms with Gasteiger partial charge in [0.1, 0.15) is 5.78 Å². The summed E-state index contributed by atoms with van der Waals surface area (Å²) in [5.74, 6) is 2.50. The summed E-state index contributed by atoms with van der Waals surface area (Å²) in [6.45, 7) is 2.23. The van der Waals surface area contributed by atoms with Gasteiger partial charge in [-0.1, -0.05) is 6.92 Å². The molecule has 0 heterocycles. The van der Waals surface area contributed by atoms with Crippen molar-refractivity contribution < 1.29 is 4.79 Å². The van der Waals surface area contributed by atoms with Crippen LogP contribution in [0.15, 0.2) is 0 Å². The van der Waals surface area contributed by atoms with Crippen LogP contribution in [0.25, 0.3) is 0 Å². The first-order valence-corrected chi connectivity index (χ1v) is 4.32. The maximum absolute atomic E-state index is 11.3. The molecular weight excluding hydrogens is 124 g/mol. The predicted molar refractivity (Wildman–Crippen MR) is 39.6 cm³/mol. The quantitative estimate of drug-likeness (QED) is 0.500. The maximum atomic E-state index is 11.3. The molecule has 0 saturated heterocycles. The summed E-state index contributed by atoms with van der Waals surface area (Å²) in [6.07, 6.45) is 4.67. The molecule has 56 valence electrons. The Morgan fingerprint density at radius 1 is 1.30 bits per heavy atom. The van der Waals surface area contributed by atoms with Gasteiger partial charge in [-0.2, -0.15) is 0 Å². The topological polar surface area (TPSA) is 17.1 Å². The molecular formula is C9H14O. The lowest BCUT2D eigenvalue weighted by Crippen LogP contribution is -2.14. The summed E-state index contributed by atoms with van der Waals surface area (Å²) in [7, 11) is 0. The average Bonchev–Trinajstić information content (AvgIpc) is 2.40. The summed E-state index contributed by atoms with van der Waals surface area (Å²) in [5.41, 5.74) is 0. The van der Waals surface area contributed by atoms with Gasteiger partial charge in [-0.25, -0.2) is 0 Å². The molecule has 0 aromatic rings. The fourth-order valence-electron chi connectivity index (χ4n) is 2.70. The molecule has 2 aliphatic carbocycles. The Labute approximate surface area is 61.8 Å². The van der Waals surface area contributed by atoms with E-state index in [4.69, 9.17) is 0 Å². The molecule has 1 nitrogen and oxygen atoms in total. The van der Waals surface area contributed by atoms with Crippen LogP contribution in [0.5, 0.6) is 0 Å². The fourth-order valence-corrected chi connectivity index (χ4v) is 2.70. The van der Waals surface area contributed by atoms with Gasteiger partial charge in [-0.3, -0.25) is 4.79 Å². The minimum atomic E-state index is 0.472. The van der Waals surface area contributed by atoms with Crippen molar-refractivity contribution in [2.24, 2.45) is 17.8 Å². The Kier molecular flexibility index (Phi) is 1.33. The zero-order valence-corrected chi connectivity index (χ0v) is 6.47. The Bertz CT molecular complexity index is 162. The van der Waals surface area contributed by atoms with Crippen LogP contribution < -0.4 is 0 Å². The first kappa shape index (κ1) is 6.38. The fraction of sp³-hybridized carbons (Fsp3) is 0.889. The zero-order chi connectivity index (χ0) is 7.14. The zero-order valence-electron chi connectivity index (χ0n) is 6.47. The van der Waals surface area contributed by atoms with Gasteiger partial charge < -0.3 is 0 Å². The van der Waals surface area contributed by atoms with Gasteiger partial charge in [0.15, 0.2) is 0 Å². The molecule has 3 atom stereocenters. The molecule has 0 aliphatic heterocycles. The third-order valence-corrected chi connectivity index (χ3v) is 3.25. The number of rotatable bonds is 0. The number of fused-ring (bicyclic) bond motifs is 1. The van der Waals surface area contributed by atoms with Gasteiger partial charge in [0.05, 0.1) is 0 Å². The second-order valence-electron chi connectivity index (χ2n) is 3.85. The molecule has 2 saturated carbocycles. The van der Waals surface area contributed by atoms with Crippen LogP contribution in [0, 0.1) is 17.8 Å². The van der Waals surface area contributed by atoms with E-state index in [2.05, 4.69) is 6.92 Å². The van der Waals surface area contributed by atoms with E-state index >= 15 is 0 Å². The molecule has 0 radical (unpaired) electrons. The minimum absolute atomic E-state index is 0.472. The van der Waals surface area contributed by atoms with E-state index in [1.165, 1.54) is 19.3 Å². The maximum Gasteiger partial charge on any atom is 0.136 e. The van der Waals surface area contributed by atoms with Crippen molar-refractivity contribution in [2.75, 3.05) is 0 Å². The van der Waals surface area contributed by atoms with Crippen molar-refractivity contribution >= 4 is 5.78 Å². The first-order chi connectivity index (χ1) is 4.79. The molecule has 2 fully saturated rings. The van der Waals surface area contributed by atoms with E-state index in [0.717, 1.165) is 12.3 Å². The lowest BCUT2D eigenvalue weighted by Gasteiger charge is -2.10. The van der Waals surface area contributed by atoms with E-state index < -0.39 is 0 Å². The molecule has 0 spiro atoms. The minimum Gasteiger partial charge on any atom is -0.299 e. The van der Waals surface area contributed by atoms with Gasteiger partial charge in [0.2, 0.25) is 0 Å². The van der Waals surface area contributed by atoms with Crippen LogP contribution in [-0.4, -0.2) is 5.78 Å². The average molecular weight is 138 g/mol. The van der Waals surface area contributed by atoms with Crippen molar-refractivity contribution in [3.05, 3.63) is 0 Å². The van der Waals surface area contributed by atoms with Crippen LogP contribution in [0.2, 0.25) is 0 Å².